The van der Waals surface area contributed by atoms with Crippen LogP contribution >= 0.6 is 11.8 Å². The first-order valence-electron chi connectivity index (χ1n) is 6.80. The molecule has 0 saturated heterocycles. The van der Waals surface area contributed by atoms with Gasteiger partial charge in [0.15, 0.2) is 0 Å². The molecule has 2 heteroatoms. The smallest absolute Gasteiger partial charge is 0.143 e. The van der Waals surface area contributed by atoms with Crippen molar-refractivity contribution in [2.45, 2.75) is 44.5 Å². The summed E-state index contributed by atoms with van der Waals surface area (Å²) in [5.41, 5.74) is 1.33. The largest absolute Gasteiger partial charge is 0.360 e. The maximum atomic E-state index is 6.25. The molecule has 1 nitrogen and oxygen atoms in total. The first-order valence-corrected chi connectivity index (χ1v) is 7.62. The molecule has 0 aromatic rings. The maximum absolute atomic E-state index is 6.25. The molecule has 0 radical (unpaired) electrons. The second-order valence-corrected chi connectivity index (χ2v) is 6.12. The van der Waals surface area contributed by atoms with Crippen LogP contribution in [0.25, 0.3) is 0 Å². The van der Waals surface area contributed by atoms with Crippen molar-refractivity contribution in [2.24, 2.45) is 0 Å². The summed E-state index contributed by atoms with van der Waals surface area (Å²) < 4.78 is 6.25. The Hall–Kier alpha value is -0.730. The average molecular weight is 262 g/mol. The van der Waals surface area contributed by atoms with Gasteiger partial charge < -0.3 is 4.74 Å². The predicted octanol–water partition coefficient (Wildman–Crippen LogP) is 4.98. The Morgan fingerprint density at radius 1 is 1.39 bits per heavy atom. The highest BCUT2D eigenvalue weighted by atomic mass is 32.2. The van der Waals surface area contributed by atoms with Crippen LogP contribution in [0.5, 0.6) is 0 Å². The second kappa shape index (κ2) is 6.44. The van der Waals surface area contributed by atoms with Crippen molar-refractivity contribution in [3.63, 3.8) is 0 Å². The lowest BCUT2D eigenvalue weighted by molar-refractivity contribution is 0.0511. The molecule has 0 aromatic carbocycles. The van der Waals surface area contributed by atoms with Crippen molar-refractivity contribution < 1.29 is 4.74 Å². The number of allylic oxidation sites excluding steroid dienone is 5. The van der Waals surface area contributed by atoms with E-state index in [-0.39, 0.29) is 4.93 Å². The fourth-order valence-electron chi connectivity index (χ4n) is 2.13. The molecular formula is C16H22OS. The third-order valence-corrected chi connectivity index (χ3v) is 4.80. The molecule has 0 bridgehead atoms. The Morgan fingerprint density at radius 2 is 2.28 bits per heavy atom. The van der Waals surface area contributed by atoms with Gasteiger partial charge in [-0.05, 0) is 25.3 Å². The number of hydrogen-bond acceptors (Lipinski definition) is 2. The molecule has 1 atom stereocenters. The highest BCUT2D eigenvalue weighted by molar-refractivity contribution is 8.04. The summed E-state index contributed by atoms with van der Waals surface area (Å²) in [6, 6.07) is 0. The standard InChI is InChI=1S/C16H22OS/c1-3-4-13-17-16(12-8-7-9-14(16)2)18-15-10-5-6-11-15/h5,7-11H,3-4,6,12-13H2,1-2H3. The van der Waals surface area contributed by atoms with Gasteiger partial charge in [-0.1, -0.05) is 61.6 Å². The molecule has 1 unspecified atom stereocenters. The normalized spacial score (nSPS) is 26.3. The Labute approximate surface area is 115 Å². The van der Waals surface area contributed by atoms with E-state index in [2.05, 4.69) is 50.3 Å². The zero-order valence-electron chi connectivity index (χ0n) is 11.3. The third kappa shape index (κ3) is 3.18. The summed E-state index contributed by atoms with van der Waals surface area (Å²) in [6.07, 6.45) is 17.6. The van der Waals surface area contributed by atoms with Crippen molar-refractivity contribution in [1.29, 1.82) is 0 Å². The fourth-order valence-corrected chi connectivity index (χ4v) is 3.41. The van der Waals surface area contributed by atoms with E-state index in [9.17, 15) is 0 Å². The molecule has 2 rings (SSSR count). The molecule has 0 N–H and O–H groups in total. The summed E-state index contributed by atoms with van der Waals surface area (Å²) in [4.78, 5) is 1.17. The molecule has 0 heterocycles. The second-order valence-electron chi connectivity index (χ2n) is 4.78. The summed E-state index contributed by atoms with van der Waals surface area (Å²) in [7, 11) is 0. The molecule has 2 aliphatic rings. The summed E-state index contributed by atoms with van der Waals surface area (Å²) in [5, 5.41) is 0. The van der Waals surface area contributed by atoms with E-state index in [1.54, 1.807) is 0 Å². The van der Waals surface area contributed by atoms with Crippen LogP contribution in [0.2, 0.25) is 0 Å². The van der Waals surface area contributed by atoms with Gasteiger partial charge in [0, 0.05) is 17.9 Å². The molecule has 18 heavy (non-hydrogen) atoms. The van der Waals surface area contributed by atoms with Crippen LogP contribution in [-0.4, -0.2) is 11.5 Å². The van der Waals surface area contributed by atoms with Gasteiger partial charge in [0.05, 0.1) is 0 Å². The van der Waals surface area contributed by atoms with Crippen LogP contribution in [0.3, 0.4) is 0 Å². The molecule has 0 aliphatic heterocycles. The molecule has 0 fully saturated rings. The van der Waals surface area contributed by atoms with Crippen molar-refractivity contribution in [3.05, 3.63) is 46.9 Å². The molecule has 0 amide bonds. The van der Waals surface area contributed by atoms with E-state index in [0.717, 1.165) is 25.9 Å². The zero-order chi connectivity index (χ0) is 12.8. The lowest BCUT2D eigenvalue weighted by Crippen LogP contribution is -2.31. The van der Waals surface area contributed by atoms with Crippen molar-refractivity contribution in [2.75, 3.05) is 6.61 Å². The van der Waals surface area contributed by atoms with E-state index < -0.39 is 0 Å². The topological polar surface area (TPSA) is 9.23 Å². The Balaban J connectivity index is 2.09. The average Bonchev–Trinajstić information content (AvgIpc) is 2.86. The van der Waals surface area contributed by atoms with Crippen LogP contribution in [0.1, 0.15) is 39.5 Å². The van der Waals surface area contributed by atoms with Gasteiger partial charge in [-0.25, -0.2) is 0 Å². The van der Waals surface area contributed by atoms with E-state index in [1.807, 2.05) is 11.8 Å². The molecule has 0 spiro atoms. The van der Waals surface area contributed by atoms with E-state index in [0.29, 0.717) is 0 Å². The van der Waals surface area contributed by atoms with Gasteiger partial charge in [0.1, 0.15) is 4.93 Å². The van der Waals surface area contributed by atoms with Crippen molar-refractivity contribution >= 4 is 11.8 Å². The molecule has 0 saturated carbocycles. The van der Waals surface area contributed by atoms with Gasteiger partial charge in [-0.3, -0.25) is 0 Å². The van der Waals surface area contributed by atoms with Gasteiger partial charge in [-0.15, -0.1) is 0 Å². The Morgan fingerprint density at radius 3 is 2.94 bits per heavy atom. The summed E-state index contributed by atoms with van der Waals surface area (Å²) >= 11 is 1.87. The molecule has 0 aromatic heterocycles. The lowest BCUT2D eigenvalue weighted by atomic mass is 10.0. The maximum Gasteiger partial charge on any atom is 0.143 e. The van der Waals surface area contributed by atoms with Crippen LogP contribution in [0, 0.1) is 0 Å². The van der Waals surface area contributed by atoms with Gasteiger partial charge in [-0.2, -0.15) is 0 Å². The van der Waals surface area contributed by atoms with Gasteiger partial charge >= 0.3 is 0 Å². The van der Waals surface area contributed by atoms with Crippen molar-refractivity contribution in [3.8, 4) is 0 Å². The van der Waals surface area contributed by atoms with E-state index in [1.165, 1.54) is 16.9 Å². The molecular weight excluding hydrogens is 240 g/mol. The quantitative estimate of drug-likeness (QED) is 0.493. The minimum absolute atomic E-state index is 0.176. The fraction of sp³-hybridized carbons (Fsp3) is 0.500. The summed E-state index contributed by atoms with van der Waals surface area (Å²) in [5.74, 6) is 0. The van der Waals surface area contributed by atoms with E-state index in [4.69, 9.17) is 4.74 Å². The van der Waals surface area contributed by atoms with Gasteiger partial charge in [0.2, 0.25) is 0 Å². The highest BCUT2D eigenvalue weighted by Crippen LogP contribution is 2.45. The van der Waals surface area contributed by atoms with Gasteiger partial charge in [0.25, 0.3) is 0 Å². The number of thioether (sulfide) groups is 1. The lowest BCUT2D eigenvalue weighted by Gasteiger charge is -2.35. The van der Waals surface area contributed by atoms with Crippen LogP contribution < -0.4 is 0 Å². The SMILES string of the molecule is CCCCOC1(SC2=CCC=C2)CC=CC=C1C. The number of rotatable bonds is 6. The minimum atomic E-state index is -0.176. The number of hydrogen-bond donors (Lipinski definition) is 0. The van der Waals surface area contributed by atoms with E-state index >= 15 is 0 Å². The Bertz CT molecular complexity index is 403. The van der Waals surface area contributed by atoms with Crippen LogP contribution in [-0.2, 0) is 4.74 Å². The van der Waals surface area contributed by atoms with Crippen LogP contribution in [0.4, 0.5) is 0 Å². The number of unbranched alkanes of at least 4 members (excludes halogenated alkanes) is 1. The first kappa shape index (κ1) is 13.7. The zero-order valence-corrected chi connectivity index (χ0v) is 12.1. The first-order chi connectivity index (χ1) is 8.77. The predicted molar refractivity (Wildman–Crippen MR) is 80.5 cm³/mol. The minimum Gasteiger partial charge on any atom is -0.360 e. The third-order valence-electron chi connectivity index (χ3n) is 3.32. The Kier molecular flexibility index (Phi) is 4.90. The van der Waals surface area contributed by atoms with Crippen molar-refractivity contribution in [1.82, 2.24) is 0 Å². The molecule has 98 valence electrons. The summed E-state index contributed by atoms with van der Waals surface area (Å²) in [6.45, 7) is 5.23. The monoisotopic (exact) mass is 262 g/mol. The molecule has 2 aliphatic carbocycles. The number of ether oxygens (including phenoxy) is 1. The van der Waals surface area contributed by atoms with Crippen LogP contribution in [0.15, 0.2) is 46.9 Å². The highest BCUT2D eigenvalue weighted by Gasteiger charge is 2.34.